The number of carbonyl (C=O) groups is 1. The molecule has 0 saturated carbocycles. The maximum absolute atomic E-state index is 13.0. The minimum Gasteiger partial charge on any atom is -0.377 e. The Morgan fingerprint density at radius 1 is 1.33 bits per heavy atom. The number of aliphatic imine (C=N–C) groups is 1. The fourth-order valence-corrected chi connectivity index (χ4v) is 4.60. The Hall–Kier alpha value is -3.50. The number of nitrogens with two attached hydrogens (primary N) is 1. The van der Waals surface area contributed by atoms with Gasteiger partial charge in [0.05, 0.1) is 36.7 Å². The Bertz CT molecular complexity index is 1240. The first-order valence-corrected chi connectivity index (χ1v) is 11.5. The highest BCUT2D eigenvalue weighted by Crippen LogP contribution is 2.33. The van der Waals surface area contributed by atoms with Crippen LogP contribution >= 0.6 is 0 Å². The van der Waals surface area contributed by atoms with Crippen molar-refractivity contribution in [3.8, 4) is 0 Å². The van der Waals surface area contributed by atoms with E-state index in [0.29, 0.717) is 18.9 Å². The zero-order valence-corrected chi connectivity index (χ0v) is 20.1. The molecule has 2 aromatic rings. The van der Waals surface area contributed by atoms with Crippen molar-refractivity contribution in [2.75, 3.05) is 25.1 Å². The predicted molar refractivity (Wildman–Crippen MR) is 133 cm³/mol. The summed E-state index contributed by atoms with van der Waals surface area (Å²) in [4.78, 5) is 22.4. The molecule has 0 aliphatic carbocycles. The van der Waals surface area contributed by atoms with Gasteiger partial charge in [-0.1, -0.05) is 6.07 Å². The summed E-state index contributed by atoms with van der Waals surface area (Å²) in [6.07, 6.45) is -0.910. The molecule has 190 valence electrons. The van der Waals surface area contributed by atoms with Gasteiger partial charge >= 0.3 is 6.18 Å². The standard InChI is InChI=1S/C26H28F3N5O2/c1-15-4-5-18(33-25(35)17-6-7-32-23(11-17)26(27,28)29)12-20(15)16(2)10-22-24(31-3)21(30)13-19-14-36-9-8-34(19)22/h4-7,10-12,19,21H,3,8-9,13-14,30H2,1-2H3,(H,33,35)/b16-10+. The number of hydrogen-bond acceptors (Lipinski definition) is 6. The zero-order chi connectivity index (χ0) is 26.0. The second-order valence-electron chi connectivity index (χ2n) is 8.93. The number of aromatic nitrogens is 1. The Labute approximate surface area is 207 Å². The second kappa shape index (κ2) is 10.2. The third-order valence-corrected chi connectivity index (χ3v) is 6.43. The number of aryl methyl sites for hydroxylation is 1. The van der Waals surface area contributed by atoms with E-state index in [0.717, 1.165) is 53.3 Å². The molecule has 0 spiro atoms. The van der Waals surface area contributed by atoms with Gasteiger partial charge in [-0.05, 0) is 74.0 Å². The fourth-order valence-electron chi connectivity index (χ4n) is 4.60. The van der Waals surface area contributed by atoms with Crippen LogP contribution in [-0.2, 0) is 10.9 Å². The molecule has 0 bridgehead atoms. The lowest BCUT2D eigenvalue weighted by Gasteiger charge is -2.43. The van der Waals surface area contributed by atoms with Crippen molar-refractivity contribution in [1.82, 2.24) is 9.88 Å². The van der Waals surface area contributed by atoms with Gasteiger partial charge in [0, 0.05) is 24.0 Å². The highest BCUT2D eigenvalue weighted by molar-refractivity contribution is 6.04. The van der Waals surface area contributed by atoms with E-state index in [-0.39, 0.29) is 17.6 Å². The van der Waals surface area contributed by atoms with Gasteiger partial charge in [0.25, 0.3) is 5.91 Å². The van der Waals surface area contributed by atoms with Crippen LogP contribution < -0.4 is 11.1 Å². The molecule has 1 amide bonds. The van der Waals surface area contributed by atoms with Crippen LogP contribution in [0.15, 0.2) is 59.0 Å². The molecule has 2 atom stereocenters. The van der Waals surface area contributed by atoms with Gasteiger partial charge in [0.2, 0.25) is 0 Å². The summed E-state index contributed by atoms with van der Waals surface area (Å²) in [5.74, 6) is -0.658. The zero-order valence-electron chi connectivity index (χ0n) is 20.1. The molecule has 3 N–H and O–H groups in total. The molecule has 36 heavy (non-hydrogen) atoms. The van der Waals surface area contributed by atoms with Gasteiger partial charge in [-0.3, -0.25) is 14.8 Å². The molecular weight excluding hydrogens is 471 g/mol. The van der Waals surface area contributed by atoms with Gasteiger partial charge < -0.3 is 20.7 Å². The molecule has 7 nitrogen and oxygen atoms in total. The summed E-state index contributed by atoms with van der Waals surface area (Å²) in [6, 6.07) is 7.24. The highest BCUT2D eigenvalue weighted by atomic mass is 19.4. The predicted octanol–water partition coefficient (Wildman–Crippen LogP) is 4.41. The minimum atomic E-state index is -4.63. The number of hydrogen-bond donors (Lipinski definition) is 2. The van der Waals surface area contributed by atoms with Crippen molar-refractivity contribution in [1.29, 1.82) is 0 Å². The van der Waals surface area contributed by atoms with E-state index in [1.54, 1.807) is 12.1 Å². The van der Waals surface area contributed by atoms with E-state index >= 15 is 0 Å². The van der Waals surface area contributed by atoms with Crippen LogP contribution in [0.4, 0.5) is 18.9 Å². The van der Waals surface area contributed by atoms with Gasteiger partial charge in [-0.15, -0.1) is 0 Å². The first-order chi connectivity index (χ1) is 17.1. The molecular formula is C26H28F3N5O2. The molecule has 10 heteroatoms. The van der Waals surface area contributed by atoms with Crippen LogP contribution in [0.5, 0.6) is 0 Å². The van der Waals surface area contributed by atoms with Gasteiger partial charge in [-0.25, -0.2) is 0 Å². The van der Waals surface area contributed by atoms with Crippen LogP contribution in [0.3, 0.4) is 0 Å². The Morgan fingerprint density at radius 3 is 2.83 bits per heavy atom. The van der Waals surface area contributed by atoms with E-state index in [2.05, 4.69) is 26.9 Å². The van der Waals surface area contributed by atoms with Crippen LogP contribution in [0.2, 0.25) is 0 Å². The topological polar surface area (TPSA) is 92.8 Å². The third-order valence-electron chi connectivity index (χ3n) is 6.43. The summed E-state index contributed by atoms with van der Waals surface area (Å²) in [6.45, 7) is 9.55. The maximum Gasteiger partial charge on any atom is 0.433 e. The SMILES string of the molecule is C=NC1=C(/C=C(\C)c2cc(NC(=O)c3ccnc(C(F)(F)F)c3)ccc2C)N2CCOCC2CC1N. The lowest BCUT2D eigenvalue weighted by atomic mass is 9.93. The average molecular weight is 500 g/mol. The number of benzene rings is 1. The van der Waals surface area contributed by atoms with Gasteiger partial charge in [0.15, 0.2) is 0 Å². The summed E-state index contributed by atoms with van der Waals surface area (Å²) < 4.78 is 44.6. The number of anilines is 1. The number of nitrogens with one attached hydrogen (secondary N) is 1. The molecule has 2 aliphatic heterocycles. The van der Waals surface area contributed by atoms with Crippen molar-refractivity contribution in [2.24, 2.45) is 10.7 Å². The molecule has 1 aromatic heterocycles. The van der Waals surface area contributed by atoms with E-state index in [4.69, 9.17) is 10.5 Å². The highest BCUT2D eigenvalue weighted by Gasteiger charge is 2.34. The number of allylic oxidation sites excluding steroid dienone is 2. The maximum atomic E-state index is 13.0. The number of morpholine rings is 1. The molecule has 3 heterocycles. The number of carbonyl (C=O) groups excluding carboxylic acids is 1. The van der Waals surface area contributed by atoms with Crippen LogP contribution in [0, 0.1) is 6.92 Å². The molecule has 4 rings (SSSR count). The Kier molecular flexibility index (Phi) is 7.28. The normalized spacial score (nSPS) is 20.7. The molecule has 1 aromatic carbocycles. The summed E-state index contributed by atoms with van der Waals surface area (Å²) in [7, 11) is 0. The summed E-state index contributed by atoms with van der Waals surface area (Å²) in [5.41, 5.74) is 9.98. The van der Waals surface area contributed by atoms with Gasteiger partial charge in [-0.2, -0.15) is 13.2 Å². The lowest BCUT2D eigenvalue weighted by Crippen LogP contribution is -2.51. The Morgan fingerprint density at radius 2 is 2.11 bits per heavy atom. The summed E-state index contributed by atoms with van der Waals surface area (Å²) in [5, 5.41) is 2.69. The monoisotopic (exact) mass is 499 g/mol. The van der Waals surface area contributed by atoms with E-state index < -0.39 is 17.8 Å². The molecule has 0 radical (unpaired) electrons. The number of amides is 1. The van der Waals surface area contributed by atoms with Crippen molar-refractivity contribution < 1.29 is 22.7 Å². The Balaban J connectivity index is 1.63. The van der Waals surface area contributed by atoms with E-state index in [1.807, 2.05) is 26.0 Å². The summed E-state index contributed by atoms with van der Waals surface area (Å²) >= 11 is 0. The molecule has 1 saturated heterocycles. The van der Waals surface area contributed by atoms with Crippen molar-refractivity contribution in [2.45, 2.75) is 38.5 Å². The number of fused-ring (bicyclic) bond motifs is 1. The fraction of sp³-hybridized carbons (Fsp3) is 0.346. The third kappa shape index (κ3) is 5.34. The number of pyridine rings is 1. The second-order valence-corrected chi connectivity index (χ2v) is 8.93. The van der Waals surface area contributed by atoms with Gasteiger partial charge in [0.1, 0.15) is 5.69 Å². The molecule has 2 aliphatic rings. The van der Waals surface area contributed by atoms with E-state index in [1.165, 1.54) is 6.07 Å². The van der Waals surface area contributed by atoms with E-state index in [9.17, 15) is 18.0 Å². The van der Waals surface area contributed by atoms with Crippen LogP contribution in [-0.4, -0.2) is 54.4 Å². The van der Waals surface area contributed by atoms with Crippen molar-refractivity contribution in [3.63, 3.8) is 0 Å². The number of rotatable bonds is 5. The molecule has 1 fully saturated rings. The number of nitrogens with zero attached hydrogens (tertiary/aromatic N) is 3. The quantitative estimate of drug-likeness (QED) is 0.595. The first kappa shape index (κ1) is 25.6. The average Bonchev–Trinajstić information content (AvgIpc) is 2.84. The van der Waals surface area contributed by atoms with Crippen LogP contribution in [0.25, 0.3) is 5.57 Å². The van der Waals surface area contributed by atoms with Crippen LogP contribution in [0.1, 0.15) is 40.5 Å². The largest absolute Gasteiger partial charge is 0.433 e. The van der Waals surface area contributed by atoms with Crippen molar-refractivity contribution >= 4 is 23.9 Å². The first-order valence-electron chi connectivity index (χ1n) is 11.5. The molecule has 2 unspecified atom stereocenters. The lowest BCUT2D eigenvalue weighted by molar-refractivity contribution is -0.141. The number of halogens is 3. The number of ether oxygens (including phenoxy) is 1. The van der Waals surface area contributed by atoms with Crippen molar-refractivity contribution in [3.05, 3.63) is 76.4 Å². The number of alkyl halides is 3. The minimum absolute atomic E-state index is 0.131. The smallest absolute Gasteiger partial charge is 0.377 e.